The van der Waals surface area contributed by atoms with E-state index >= 15 is 0 Å². The Bertz CT molecular complexity index is 480. The number of nitrogens with zero attached hydrogens (tertiary/aromatic N) is 1. The third-order valence-electron chi connectivity index (χ3n) is 1.33. The smallest absolute Gasteiger partial charge is 0.744 e. The van der Waals surface area contributed by atoms with Gasteiger partial charge >= 0.3 is 29.6 Å². The van der Waals surface area contributed by atoms with Crippen LogP contribution in [-0.2, 0) is 10.1 Å². The van der Waals surface area contributed by atoms with Crippen LogP contribution in [0.15, 0.2) is 23.1 Å². The van der Waals surface area contributed by atoms with Crippen molar-refractivity contribution in [2.24, 2.45) is 0 Å². The average Bonchev–Trinajstić information content (AvgIpc) is 2.01. The van der Waals surface area contributed by atoms with Gasteiger partial charge in [0.1, 0.15) is 10.1 Å². The summed E-state index contributed by atoms with van der Waals surface area (Å²) in [4.78, 5) is -0.506. The predicted molar refractivity (Wildman–Crippen MR) is 44.1 cm³/mol. The molecule has 0 aliphatic heterocycles. The Labute approximate surface area is 109 Å². The zero-order valence-corrected chi connectivity index (χ0v) is 10.8. The molecule has 0 aliphatic rings. The van der Waals surface area contributed by atoms with E-state index in [2.05, 4.69) is 0 Å². The maximum atomic E-state index is 10.5. The van der Waals surface area contributed by atoms with E-state index in [9.17, 15) is 13.0 Å². The SMILES string of the molecule is N#Cc1ccc(S(=O)(=O)[O-])c(Cl)c1.[Na+]. The zero-order chi connectivity index (χ0) is 10.1. The molecular formula is C7H3ClNNaO3S. The van der Waals surface area contributed by atoms with Crippen molar-refractivity contribution in [3.63, 3.8) is 0 Å². The van der Waals surface area contributed by atoms with Gasteiger partial charge in [-0.05, 0) is 18.2 Å². The van der Waals surface area contributed by atoms with Gasteiger partial charge in [0.15, 0.2) is 0 Å². The predicted octanol–water partition coefficient (Wildman–Crippen LogP) is -1.88. The summed E-state index contributed by atoms with van der Waals surface area (Å²) in [5.74, 6) is 0. The van der Waals surface area contributed by atoms with Gasteiger partial charge in [0.2, 0.25) is 0 Å². The molecular weight excluding hydrogens is 237 g/mol. The number of nitriles is 1. The average molecular weight is 240 g/mol. The summed E-state index contributed by atoms with van der Waals surface area (Å²) >= 11 is 5.46. The fourth-order valence-corrected chi connectivity index (χ4v) is 1.77. The maximum absolute atomic E-state index is 10.5. The molecule has 0 amide bonds. The van der Waals surface area contributed by atoms with Crippen LogP contribution in [0.4, 0.5) is 0 Å². The molecule has 0 saturated carbocycles. The zero-order valence-electron chi connectivity index (χ0n) is 7.19. The van der Waals surface area contributed by atoms with E-state index in [1.54, 1.807) is 6.07 Å². The van der Waals surface area contributed by atoms with Crippen LogP contribution < -0.4 is 29.6 Å². The van der Waals surface area contributed by atoms with E-state index in [-0.39, 0.29) is 40.1 Å². The minimum Gasteiger partial charge on any atom is -0.744 e. The standard InChI is InChI=1S/C7H4ClNO3S.Na/c8-6-3-5(4-9)1-2-7(6)13(10,11)12;/h1-3H,(H,10,11,12);/q;+1/p-1. The molecule has 7 heteroatoms. The Morgan fingerprint density at radius 1 is 1.43 bits per heavy atom. The second-order valence-electron chi connectivity index (χ2n) is 2.21. The van der Waals surface area contributed by atoms with E-state index in [0.717, 1.165) is 12.1 Å². The van der Waals surface area contributed by atoms with Gasteiger partial charge in [0, 0.05) is 0 Å². The second kappa shape index (κ2) is 5.12. The molecule has 4 nitrogen and oxygen atoms in total. The van der Waals surface area contributed by atoms with Gasteiger partial charge < -0.3 is 4.55 Å². The monoisotopic (exact) mass is 239 g/mol. The minimum atomic E-state index is -4.55. The van der Waals surface area contributed by atoms with Crippen LogP contribution in [0.25, 0.3) is 0 Å². The molecule has 68 valence electrons. The van der Waals surface area contributed by atoms with Crippen LogP contribution in [-0.4, -0.2) is 13.0 Å². The van der Waals surface area contributed by atoms with Crippen LogP contribution >= 0.6 is 11.6 Å². The van der Waals surface area contributed by atoms with Crippen LogP contribution in [0.1, 0.15) is 5.56 Å². The van der Waals surface area contributed by atoms with E-state index in [4.69, 9.17) is 16.9 Å². The van der Waals surface area contributed by atoms with Crippen LogP contribution in [0.5, 0.6) is 0 Å². The van der Waals surface area contributed by atoms with E-state index in [0.29, 0.717) is 0 Å². The third-order valence-corrected chi connectivity index (χ3v) is 2.65. The molecule has 0 atom stereocenters. The summed E-state index contributed by atoms with van der Waals surface area (Å²) in [5, 5.41) is 8.19. The Kier molecular flexibility index (Phi) is 5.09. The number of hydrogen-bond donors (Lipinski definition) is 0. The first kappa shape index (κ1) is 13.9. The fourth-order valence-electron chi connectivity index (χ4n) is 0.773. The third kappa shape index (κ3) is 3.24. The van der Waals surface area contributed by atoms with Gasteiger partial charge in [-0.15, -0.1) is 0 Å². The van der Waals surface area contributed by atoms with Gasteiger partial charge in [0.05, 0.1) is 21.6 Å². The Hall–Kier alpha value is -0.0900. The van der Waals surface area contributed by atoms with Crippen LogP contribution in [0.3, 0.4) is 0 Å². The molecule has 14 heavy (non-hydrogen) atoms. The summed E-state index contributed by atoms with van der Waals surface area (Å²) in [5.41, 5.74) is 0.206. The van der Waals surface area contributed by atoms with Gasteiger partial charge in [-0.1, -0.05) is 11.6 Å². The Morgan fingerprint density at radius 2 is 2.00 bits per heavy atom. The summed E-state index contributed by atoms with van der Waals surface area (Å²) < 4.78 is 31.6. The van der Waals surface area contributed by atoms with Crippen molar-refractivity contribution in [3.8, 4) is 6.07 Å². The maximum Gasteiger partial charge on any atom is 1.00 e. The summed E-state index contributed by atoms with van der Waals surface area (Å²) in [6, 6.07) is 5.13. The summed E-state index contributed by atoms with van der Waals surface area (Å²) in [6.07, 6.45) is 0. The Balaban J connectivity index is 0.00000169. The van der Waals surface area contributed by atoms with E-state index in [1.165, 1.54) is 6.07 Å². The minimum absolute atomic E-state index is 0. The molecule has 0 unspecified atom stereocenters. The van der Waals surface area contributed by atoms with Gasteiger partial charge in [-0.25, -0.2) is 8.42 Å². The molecule has 0 heterocycles. The van der Waals surface area contributed by atoms with Crippen molar-refractivity contribution in [2.75, 3.05) is 0 Å². The van der Waals surface area contributed by atoms with Crippen LogP contribution in [0, 0.1) is 11.3 Å². The first-order chi connectivity index (χ1) is 5.95. The topological polar surface area (TPSA) is 81.0 Å². The number of halogens is 1. The van der Waals surface area contributed by atoms with Crippen molar-refractivity contribution >= 4 is 21.7 Å². The molecule has 0 fully saturated rings. The molecule has 0 aliphatic carbocycles. The largest absolute Gasteiger partial charge is 1.00 e. The molecule has 0 aromatic heterocycles. The first-order valence-corrected chi connectivity index (χ1v) is 4.89. The van der Waals surface area contributed by atoms with E-state index in [1.807, 2.05) is 0 Å². The molecule has 1 aromatic carbocycles. The van der Waals surface area contributed by atoms with Gasteiger partial charge in [-0.2, -0.15) is 5.26 Å². The summed E-state index contributed by atoms with van der Waals surface area (Å²) in [6.45, 7) is 0. The van der Waals surface area contributed by atoms with Crippen LogP contribution in [0.2, 0.25) is 5.02 Å². The quantitative estimate of drug-likeness (QED) is 0.424. The first-order valence-electron chi connectivity index (χ1n) is 3.10. The number of rotatable bonds is 1. The van der Waals surface area contributed by atoms with Crippen molar-refractivity contribution in [1.82, 2.24) is 0 Å². The fraction of sp³-hybridized carbons (Fsp3) is 0. The second-order valence-corrected chi connectivity index (χ2v) is 3.97. The molecule has 1 aromatic rings. The van der Waals surface area contributed by atoms with Crippen molar-refractivity contribution in [1.29, 1.82) is 5.26 Å². The molecule has 0 spiro atoms. The van der Waals surface area contributed by atoms with Crippen molar-refractivity contribution in [3.05, 3.63) is 28.8 Å². The number of benzene rings is 1. The van der Waals surface area contributed by atoms with E-state index < -0.39 is 15.0 Å². The molecule has 1 rings (SSSR count). The molecule has 0 bridgehead atoms. The van der Waals surface area contributed by atoms with Crippen molar-refractivity contribution in [2.45, 2.75) is 4.90 Å². The summed E-state index contributed by atoms with van der Waals surface area (Å²) in [7, 11) is -4.55. The number of hydrogen-bond acceptors (Lipinski definition) is 4. The van der Waals surface area contributed by atoms with Gasteiger partial charge in [-0.3, -0.25) is 0 Å². The normalized spacial score (nSPS) is 10.1. The molecule has 0 radical (unpaired) electrons. The van der Waals surface area contributed by atoms with Gasteiger partial charge in [0.25, 0.3) is 0 Å². The Morgan fingerprint density at radius 3 is 2.36 bits per heavy atom. The molecule has 0 N–H and O–H groups in total. The van der Waals surface area contributed by atoms with Crippen molar-refractivity contribution < 1.29 is 42.5 Å². The molecule has 0 saturated heterocycles.